The van der Waals surface area contributed by atoms with E-state index in [-0.39, 0.29) is 12.5 Å². The summed E-state index contributed by atoms with van der Waals surface area (Å²) in [5, 5.41) is 8.56. The number of hydroxylamine groups is 1. The van der Waals surface area contributed by atoms with Crippen LogP contribution in [0.5, 0.6) is 5.75 Å². The summed E-state index contributed by atoms with van der Waals surface area (Å²) in [4.78, 5) is 26.9. The van der Waals surface area contributed by atoms with Gasteiger partial charge in [-0.3, -0.25) is 9.48 Å². The lowest BCUT2D eigenvalue weighted by atomic mass is 10.2. The molecule has 0 saturated carbocycles. The Morgan fingerprint density at radius 3 is 2.82 bits per heavy atom. The van der Waals surface area contributed by atoms with Gasteiger partial charge in [-0.1, -0.05) is 18.2 Å². The molecule has 10 nitrogen and oxygen atoms in total. The van der Waals surface area contributed by atoms with Gasteiger partial charge < -0.3 is 14.6 Å². The lowest BCUT2D eigenvalue weighted by Crippen LogP contribution is -2.34. The monoisotopic (exact) mass is 445 g/mol. The lowest BCUT2D eigenvalue weighted by molar-refractivity contribution is 0.0324. The highest BCUT2D eigenvalue weighted by molar-refractivity contribution is 5.97. The molecule has 1 amide bonds. The third-order valence-corrected chi connectivity index (χ3v) is 5.38. The predicted molar refractivity (Wildman–Crippen MR) is 122 cm³/mol. The van der Waals surface area contributed by atoms with E-state index in [0.29, 0.717) is 23.7 Å². The fraction of sp³-hybridized carbons (Fsp3) is 0.217. The Balaban J connectivity index is 1.31. The summed E-state index contributed by atoms with van der Waals surface area (Å²) in [5.74, 6) is 1.02. The molecule has 2 N–H and O–H groups in total. The zero-order chi connectivity index (χ0) is 22.6. The Hall–Kier alpha value is -4.18. The summed E-state index contributed by atoms with van der Waals surface area (Å²) < 4.78 is 9.04. The summed E-state index contributed by atoms with van der Waals surface area (Å²) in [6.45, 7) is 1.57. The van der Waals surface area contributed by atoms with Crippen molar-refractivity contribution in [3.8, 4) is 5.75 Å². The third kappa shape index (κ3) is 4.41. The van der Waals surface area contributed by atoms with E-state index < -0.39 is 6.23 Å². The number of hydrogen-bond acceptors (Lipinski definition) is 7. The number of aryl methyl sites for hydroxylation is 2. The Morgan fingerprint density at radius 2 is 2.03 bits per heavy atom. The van der Waals surface area contributed by atoms with Crippen molar-refractivity contribution in [3.05, 3.63) is 78.5 Å². The van der Waals surface area contributed by atoms with E-state index in [1.54, 1.807) is 43.9 Å². The molecule has 0 radical (unpaired) electrons. The van der Waals surface area contributed by atoms with Crippen LogP contribution in [0.15, 0.2) is 72.2 Å². The van der Waals surface area contributed by atoms with E-state index in [9.17, 15) is 4.79 Å². The van der Waals surface area contributed by atoms with Crippen LogP contribution in [-0.4, -0.2) is 44.7 Å². The highest BCUT2D eigenvalue weighted by Crippen LogP contribution is 2.29. The number of fused-ring (bicyclic) bond motifs is 1. The zero-order valence-corrected chi connectivity index (χ0v) is 18.0. The van der Waals surface area contributed by atoms with Gasteiger partial charge in [0.25, 0.3) is 5.91 Å². The van der Waals surface area contributed by atoms with Gasteiger partial charge in [0.1, 0.15) is 11.6 Å². The first-order valence-electron chi connectivity index (χ1n) is 10.5. The number of nitrogens with zero attached hydrogens (tertiary/aromatic N) is 5. The average Bonchev–Trinajstić information content (AvgIpc) is 3.60. The average molecular weight is 445 g/mol. The van der Waals surface area contributed by atoms with Gasteiger partial charge in [-0.2, -0.15) is 5.10 Å². The molecular weight excluding hydrogens is 422 g/mol. The van der Waals surface area contributed by atoms with Crippen LogP contribution in [0.2, 0.25) is 0 Å². The van der Waals surface area contributed by atoms with Crippen molar-refractivity contribution in [2.45, 2.75) is 19.3 Å². The van der Waals surface area contributed by atoms with Gasteiger partial charge in [-0.15, -0.1) is 0 Å². The Kier molecular flexibility index (Phi) is 5.73. The van der Waals surface area contributed by atoms with E-state index >= 15 is 0 Å². The number of amidine groups is 1. The highest BCUT2D eigenvalue weighted by Gasteiger charge is 2.26. The number of carbonyl (C=O) groups excluding carboxylic acids is 1. The number of nitrogens with one attached hydrogen (secondary N) is 2. The second-order valence-electron chi connectivity index (χ2n) is 7.49. The van der Waals surface area contributed by atoms with Gasteiger partial charge in [0, 0.05) is 29.9 Å². The van der Waals surface area contributed by atoms with Crippen molar-refractivity contribution in [1.29, 1.82) is 0 Å². The third-order valence-electron chi connectivity index (χ3n) is 5.38. The minimum absolute atomic E-state index is 0.207. The molecule has 0 spiro atoms. The predicted octanol–water partition coefficient (Wildman–Crippen LogP) is 2.30. The highest BCUT2D eigenvalue weighted by atomic mass is 16.7. The smallest absolute Gasteiger partial charge is 0.251 e. The number of methoxy groups -OCH3 is 1. The molecule has 1 aliphatic heterocycles. The van der Waals surface area contributed by atoms with E-state index in [2.05, 4.69) is 20.8 Å². The molecule has 5 rings (SSSR count). The molecule has 4 aromatic rings. The number of benzene rings is 2. The molecule has 0 bridgehead atoms. The van der Waals surface area contributed by atoms with Crippen LogP contribution in [0.1, 0.15) is 22.3 Å². The molecule has 33 heavy (non-hydrogen) atoms. The largest absolute Gasteiger partial charge is 0.497 e. The Morgan fingerprint density at radius 1 is 1.18 bits per heavy atom. The SMILES string of the molecule is COc1ccc(C(=O)NCC2=NC(c3c4ccccc4nn3CCn3ccnc3)ON2)cc1. The molecule has 0 saturated heterocycles. The number of aromatic nitrogens is 4. The fourth-order valence-corrected chi connectivity index (χ4v) is 3.69. The molecular formula is C23H23N7O3. The molecule has 10 heteroatoms. The van der Waals surface area contributed by atoms with E-state index in [1.807, 2.05) is 39.7 Å². The number of carbonyl (C=O) groups is 1. The second kappa shape index (κ2) is 9.13. The zero-order valence-electron chi connectivity index (χ0n) is 18.0. The number of amides is 1. The van der Waals surface area contributed by atoms with Crippen LogP contribution < -0.4 is 15.5 Å². The standard InChI is InChI=1S/C23H23N7O3/c1-32-17-8-6-16(7-9-17)22(31)25-14-20-26-23(33-28-20)21-18-4-2-3-5-19(18)27-30(21)13-12-29-11-10-24-15-29/h2-11,15,23H,12-14H2,1H3,(H,25,31)(H,26,28). The molecule has 0 aliphatic carbocycles. The van der Waals surface area contributed by atoms with Gasteiger partial charge >= 0.3 is 0 Å². The molecule has 1 aliphatic rings. The van der Waals surface area contributed by atoms with E-state index in [1.165, 1.54) is 0 Å². The van der Waals surface area contributed by atoms with Gasteiger partial charge in [0.05, 0.1) is 37.7 Å². The fourth-order valence-electron chi connectivity index (χ4n) is 3.69. The van der Waals surface area contributed by atoms with Crippen LogP contribution in [0.25, 0.3) is 10.9 Å². The maximum atomic E-state index is 12.4. The molecule has 2 aromatic carbocycles. The summed E-state index contributed by atoms with van der Waals surface area (Å²) in [5.41, 5.74) is 5.11. The number of hydrogen-bond donors (Lipinski definition) is 2. The van der Waals surface area contributed by atoms with Crippen LogP contribution in [0, 0.1) is 0 Å². The van der Waals surface area contributed by atoms with Crippen molar-refractivity contribution in [2.75, 3.05) is 13.7 Å². The van der Waals surface area contributed by atoms with Crippen molar-refractivity contribution in [2.24, 2.45) is 4.99 Å². The first kappa shape index (κ1) is 20.7. The summed E-state index contributed by atoms with van der Waals surface area (Å²) in [6, 6.07) is 14.8. The van der Waals surface area contributed by atoms with Gasteiger partial charge in [0.15, 0.2) is 0 Å². The van der Waals surface area contributed by atoms with E-state index in [0.717, 1.165) is 23.1 Å². The summed E-state index contributed by atoms with van der Waals surface area (Å²) >= 11 is 0. The van der Waals surface area contributed by atoms with Crippen molar-refractivity contribution < 1.29 is 14.4 Å². The summed E-state index contributed by atoms with van der Waals surface area (Å²) in [6.07, 6.45) is 4.87. The second-order valence-corrected chi connectivity index (χ2v) is 7.49. The van der Waals surface area contributed by atoms with Crippen LogP contribution in [0.3, 0.4) is 0 Å². The molecule has 1 unspecified atom stereocenters. The molecule has 1 atom stereocenters. The summed E-state index contributed by atoms with van der Waals surface area (Å²) in [7, 11) is 1.59. The van der Waals surface area contributed by atoms with Crippen LogP contribution in [-0.2, 0) is 17.9 Å². The van der Waals surface area contributed by atoms with Crippen LogP contribution in [0.4, 0.5) is 0 Å². The number of imidazole rings is 1. The quantitative estimate of drug-likeness (QED) is 0.431. The molecule has 2 aromatic heterocycles. The Labute approximate surface area is 189 Å². The van der Waals surface area contributed by atoms with Gasteiger partial charge in [-0.05, 0) is 30.3 Å². The maximum absolute atomic E-state index is 12.4. The van der Waals surface area contributed by atoms with Crippen molar-refractivity contribution in [1.82, 2.24) is 30.1 Å². The topological polar surface area (TPSA) is 108 Å². The first-order chi connectivity index (χ1) is 16.2. The number of aliphatic imine (C=N–C) groups is 1. The van der Waals surface area contributed by atoms with Crippen LogP contribution >= 0.6 is 0 Å². The first-order valence-corrected chi connectivity index (χ1v) is 10.5. The Bertz CT molecular complexity index is 1280. The number of rotatable bonds is 8. The maximum Gasteiger partial charge on any atom is 0.251 e. The van der Waals surface area contributed by atoms with Gasteiger partial charge in [0.2, 0.25) is 6.23 Å². The van der Waals surface area contributed by atoms with Crippen molar-refractivity contribution in [3.63, 3.8) is 0 Å². The van der Waals surface area contributed by atoms with Crippen molar-refractivity contribution >= 4 is 22.6 Å². The van der Waals surface area contributed by atoms with Gasteiger partial charge in [-0.25, -0.2) is 20.3 Å². The van der Waals surface area contributed by atoms with E-state index in [4.69, 9.17) is 14.7 Å². The molecule has 0 fully saturated rings. The molecule has 3 heterocycles. The minimum Gasteiger partial charge on any atom is -0.497 e. The lowest BCUT2D eigenvalue weighted by Gasteiger charge is -2.11. The normalized spacial score (nSPS) is 15.3. The molecule has 168 valence electrons. The number of ether oxygens (including phenoxy) is 1. The minimum atomic E-state index is -0.576.